The zero-order valence-electron chi connectivity index (χ0n) is 12.9. The molecular weight excluding hydrogens is 258 g/mol. The average Bonchev–Trinajstić information content (AvgIpc) is 3.16. The Morgan fingerprint density at radius 3 is 2.19 bits per heavy atom. The van der Waals surface area contributed by atoms with Gasteiger partial charge in [-0.15, -0.1) is 0 Å². The van der Waals surface area contributed by atoms with E-state index in [0.717, 1.165) is 24.8 Å². The first-order valence-electron chi connectivity index (χ1n) is 8.71. The standard InChI is InChI=1S/C19H27NO/c21-10-9-19(7-8-19)13-20-18-16-5-6-17(18)12-15-4-2-1-3-14(15)11-16/h1-4,16-18,20-21H,5-13H2. The van der Waals surface area contributed by atoms with Crippen molar-refractivity contribution in [1.29, 1.82) is 0 Å². The van der Waals surface area contributed by atoms with Crippen LogP contribution in [0.15, 0.2) is 24.3 Å². The Morgan fingerprint density at radius 2 is 1.67 bits per heavy atom. The predicted molar refractivity (Wildman–Crippen MR) is 85.2 cm³/mol. The van der Waals surface area contributed by atoms with Crippen molar-refractivity contribution in [3.05, 3.63) is 35.4 Å². The molecule has 2 saturated carbocycles. The van der Waals surface area contributed by atoms with Gasteiger partial charge < -0.3 is 10.4 Å². The fourth-order valence-corrected chi connectivity index (χ4v) is 4.75. The molecule has 1 aromatic carbocycles. The van der Waals surface area contributed by atoms with Crippen LogP contribution in [0, 0.1) is 17.3 Å². The van der Waals surface area contributed by atoms with E-state index in [4.69, 9.17) is 0 Å². The smallest absolute Gasteiger partial charge is 0.0436 e. The molecule has 21 heavy (non-hydrogen) atoms. The second-order valence-corrected chi connectivity index (χ2v) is 7.65. The molecule has 0 spiro atoms. The van der Waals surface area contributed by atoms with Crippen LogP contribution >= 0.6 is 0 Å². The summed E-state index contributed by atoms with van der Waals surface area (Å²) in [5.74, 6) is 1.65. The number of hydrogen-bond donors (Lipinski definition) is 2. The molecular formula is C19H27NO. The topological polar surface area (TPSA) is 32.3 Å². The number of benzene rings is 1. The SMILES string of the molecule is OCCC1(CNC2C3CCC2Cc2ccccc2C3)CC1. The quantitative estimate of drug-likeness (QED) is 0.872. The molecule has 3 aliphatic carbocycles. The Kier molecular flexibility index (Phi) is 3.55. The van der Waals surface area contributed by atoms with Crippen molar-refractivity contribution in [1.82, 2.24) is 5.32 Å². The van der Waals surface area contributed by atoms with Crippen molar-refractivity contribution in [2.45, 2.75) is 51.0 Å². The molecule has 2 nitrogen and oxygen atoms in total. The van der Waals surface area contributed by atoms with E-state index in [-0.39, 0.29) is 0 Å². The van der Waals surface area contributed by atoms with Gasteiger partial charge in [0.25, 0.3) is 0 Å². The Morgan fingerprint density at radius 1 is 1.05 bits per heavy atom. The van der Waals surface area contributed by atoms with Gasteiger partial charge in [-0.3, -0.25) is 0 Å². The van der Waals surface area contributed by atoms with Gasteiger partial charge in [-0.25, -0.2) is 0 Å². The summed E-state index contributed by atoms with van der Waals surface area (Å²) < 4.78 is 0. The van der Waals surface area contributed by atoms with Crippen LogP contribution in [0.1, 0.15) is 43.2 Å². The third-order valence-corrected chi connectivity index (χ3v) is 6.32. The average molecular weight is 285 g/mol. The van der Waals surface area contributed by atoms with Crippen LogP contribution in [0.3, 0.4) is 0 Å². The van der Waals surface area contributed by atoms with Crippen LogP contribution in [-0.4, -0.2) is 24.3 Å². The molecule has 1 aromatic rings. The molecule has 4 rings (SSSR count). The number of aliphatic hydroxyl groups excluding tert-OH is 1. The molecule has 2 bridgehead atoms. The number of aliphatic hydroxyl groups is 1. The maximum Gasteiger partial charge on any atom is 0.0436 e. The van der Waals surface area contributed by atoms with Crippen molar-refractivity contribution in [2.24, 2.45) is 17.3 Å². The van der Waals surface area contributed by atoms with Crippen LogP contribution in [-0.2, 0) is 12.8 Å². The van der Waals surface area contributed by atoms with Crippen LogP contribution in [0.25, 0.3) is 0 Å². The van der Waals surface area contributed by atoms with Gasteiger partial charge in [-0.2, -0.15) is 0 Å². The zero-order chi connectivity index (χ0) is 14.3. The molecule has 0 aliphatic heterocycles. The third kappa shape index (κ3) is 2.64. The predicted octanol–water partition coefficient (Wildman–Crippen LogP) is 2.93. The summed E-state index contributed by atoms with van der Waals surface area (Å²) in [4.78, 5) is 0. The second-order valence-electron chi connectivity index (χ2n) is 7.65. The van der Waals surface area contributed by atoms with E-state index in [1.807, 2.05) is 0 Å². The minimum absolute atomic E-state index is 0.352. The lowest BCUT2D eigenvalue weighted by molar-refractivity contribution is 0.233. The van der Waals surface area contributed by atoms with E-state index in [0.29, 0.717) is 18.1 Å². The lowest BCUT2D eigenvalue weighted by atomic mass is 9.93. The van der Waals surface area contributed by atoms with E-state index in [1.165, 1.54) is 38.5 Å². The zero-order valence-corrected chi connectivity index (χ0v) is 12.9. The monoisotopic (exact) mass is 285 g/mol. The first kappa shape index (κ1) is 13.8. The minimum Gasteiger partial charge on any atom is -0.396 e. The van der Waals surface area contributed by atoms with Crippen LogP contribution in [0.5, 0.6) is 0 Å². The maximum absolute atomic E-state index is 9.23. The van der Waals surface area contributed by atoms with E-state index in [2.05, 4.69) is 29.6 Å². The Labute approximate surface area is 128 Å². The van der Waals surface area contributed by atoms with Crippen LogP contribution in [0.4, 0.5) is 0 Å². The molecule has 0 amide bonds. The highest BCUT2D eigenvalue weighted by Gasteiger charge is 2.44. The van der Waals surface area contributed by atoms with E-state index in [1.54, 1.807) is 11.1 Å². The molecule has 0 heterocycles. The highest BCUT2D eigenvalue weighted by Crippen LogP contribution is 2.49. The Bertz CT molecular complexity index is 475. The maximum atomic E-state index is 9.23. The summed E-state index contributed by atoms with van der Waals surface area (Å²) in [7, 11) is 0. The molecule has 3 aliphatic rings. The number of nitrogens with one attached hydrogen (secondary N) is 1. The molecule has 114 valence electrons. The fraction of sp³-hybridized carbons (Fsp3) is 0.684. The van der Waals surface area contributed by atoms with E-state index in [9.17, 15) is 5.11 Å². The van der Waals surface area contributed by atoms with Crippen LogP contribution < -0.4 is 5.32 Å². The van der Waals surface area contributed by atoms with E-state index >= 15 is 0 Å². The summed E-state index contributed by atoms with van der Waals surface area (Å²) in [6.07, 6.45) is 8.91. The first-order chi connectivity index (χ1) is 10.3. The lowest BCUT2D eigenvalue weighted by Crippen LogP contribution is -2.41. The van der Waals surface area contributed by atoms with Gasteiger partial charge in [0.05, 0.1) is 0 Å². The molecule has 2 unspecified atom stereocenters. The summed E-state index contributed by atoms with van der Waals surface area (Å²) in [5, 5.41) is 13.2. The Balaban J connectivity index is 1.46. The highest BCUT2D eigenvalue weighted by molar-refractivity contribution is 5.30. The normalized spacial score (nSPS) is 32.5. The van der Waals surface area contributed by atoms with Gasteiger partial charge in [0.1, 0.15) is 0 Å². The second kappa shape index (κ2) is 5.40. The molecule has 0 saturated heterocycles. The number of rotatable bonds is 5. The van der Waals surface area contributed by atoms with Crippen molar-refractivity contribution < 1.29 is 5.11 Å². The number of fused-ring (bicyclic) bond motifs is 3. The van der Waals surface area contributed by atoms with Gasteiger partial charge >= 0.3 is 0 Å². The van der Waals surface area contributed by atoms with E-state index < -0.39 is 0 Å². The molecule has 2 fully saturated rings. The van der Waals surface area contributed by atoms with Crippen LogP contribution in [0.2, 0.25) is 0 Å². The molecule has 0 aromatic heterocycles. The molecule has 2 atom stereocenters. The third-order valence-electron chi connectivity index (χ3n) is 6.32. The summed E-state index contributed by atoms with van der Waals surface area (Å²) in [6.45, 7) is 1.48. The van der Waals surface area contributed by atoms with Crippen molar-refractivity contribution in [2.75, 3.05) is 13.2 Å². The molecule has 0 radical (unpaired) electrons. The van der Waals surface area contributed by atoms with Gasteiger partial charge in [-0.1, -0.05) is 24.3 Å². The summed E-state index contributed by atoms with van der Waals surface area (Å²) >= 11 is 0. The Hall–Kier alpha value is -0.860. The fourth-order valence-electron chi connectivity index (χ4n) is 4.75. The lowest BCUT2D eigenvalue weighted by Gasteiger charge is -2.26. The summed E-state index contributed by atoms with van der Waals surface area (Å²) in [6, 6.07) is 9.76. The van der Waals surface area contributed by atoms with Gasteiger partial charge in [0.15, 0.2) is 0 Å². The van der Waals surface area contributed by atoms with Gasteiger partial charge in [-0.05, 0) is 73.3 Å². The number of hydrogen-bond acceptors (Lipinski definition) is 2. The van der Waals surface area contributed by atoms with Gasteiger partial charge in [0, 0.05) is 19.2 Å². The van der Waals surface area contributed by atoms with Gasteiger partial charge in [0.2, 0.25) is 0 Å². The largest absolute Gasteiger partial charge is 0.396 e. The molecule has 2 N–H and O–H groups in total. The van der Waals surface area contributed by atoms with Crippen molar-refractivity contribution in [3.63, 3.8) is 0 Å². The highest BCUT2D eigenvalue weighted by atomic mass is 16.3. The first-order valence-corrected chi connectivity index (χ1v) is 8.71. The van der Waals surface area contributed by atoms with Crippen molar-refractivity contribution in [3.8, 4) is 0 Å². The molecule has 2 heteroatoms. The van der Waals surface area contributed by atoms with Crippen molar-refractivity contribution >= 4 is 0 Å². The minimum atomic E-state index is 0.352. The summed E-state index contributed by atoms with van der Waals surface area (Å²) in [5.41, 5.74) is 3.62.